The molecule has 4 nitrogen and oxygen atoms in total. The fraction of sp³-hybridized carbons (Fsp3) is 0.375. The summed E-state index contributed by atoms with van der Waals surface area (Å²) in [6, 6.07) is 7.48. The predicted molar refractivity (Wildman–Crippen MR) is 82.0 cm³/mol. The number of hydrogen-bond acceptors (Lipinski definition) is 4. The van der Waals surface area contributed by atoms with Gasteiger partial charge in [-0.2, -0.15) is 18.2 Å². The van der Waals surface area contributed by atoms with Gasteiger partial charge in [-0.15, -0.1) is 0 Å². The molecule has 0 N–H and O–H groups in total. The van der Waals surface area contributed by atoms with Gasteiger partial charge in [-0.3, -0.25) is 0 Å². The standard InChI is InChI=1S/C16H18F3N3O/c1-10(2)23-14-12(16(17,18)19)9-20-15(21-14)22(4)13-8-6-5-7-11(13)3/h5-10H,1-4H3. The van der Waals surface area contributed by atoms with Gasteiger partial charge < -0.3 is 9.64 Å². The van der Waals surface area contributed by atoms with Crippen molar-refractivity contribution in [3.05, 3.63) is 41.6 Å². The van der Waals surface area contributed by atoms with Crippen molar-refractivity contribution in [2.24, 2.45) is 0 Å². The van der Waals surface area contributed by atoms with E-state index < -0.39 is 23.7 Å². The van der Waals surface area contributed by atoms with Gasteiger partial charge in [-0.05, 0) is 32.4 Å². The first-order chi connectivity index (χ1) is 10.7. The number of halogens is 3. The Balaban J connectivity index is 2.46. The summed E-state index contributed by atoms with van der Waals surface area (Å²) in [7, 11) is 1.70. The van der Waals surface area contributed by atoms with Crippen LogP contribution in [0.15, 0.2) is 30.5 Å². The van der Waals surface area contributed by atoms with Gasteiger partial charge in [0.25, 0.3) is 0 Å². The van der Waals surface area contributed by atoms with Gasteiger partial charge in [0.15, 0.2) is 0 Å². The van der Waals surface area contributed by atoms with E-state index in [1.807, 2.05) is 31.2 Å². The number of rotatable bonds is 4. The molecule has 1 aromatic heterocycles. The van der Waals surface area contributed by atoms with Crippen LogP contribution in [-0.4, -0.2) is 23.1 Å². The van der Waals surface area contributed by atoms with Crippen LogP contribution < -0.4 is 9.64 Å². The van der Waals surface area contributed by atoms with Crippen LogP contribution >= 0.6 is 0 Å². The first kappa shape index (κ1) is 17.1. The fourth-order valence-corrected chi connectivity index (χ4v) is 2.07. The normalized spacial score (nSPS) is 11.7. The summed E-state index contributed by atoms with van der Waals surface area (Å²) in [5, 5.41) is 0. The zero-order valence-corrected chi connectivity index (χ0v) is 13.3. The van der Waals surface area contributed by atoms with E-state index in [1.165, 1.54) is 0 Å². The molecule has 0 atom stereocenters. The summed E-state index contributed by atoms with van der Waals surface area (Å²) >= 11 is 0. The second kappa shape index (κ2) is 6.44. The first-order valence-electron chi connectivity index (χ1n) is 7.10. The third-order valence-electron chi connectivity index (χ3n) is 3.17. The topological polar surface area (TPSA) is 38.2 Å². The highest BCUT2D eigenvalue weighted by atomic mass is 19.4. The fourth-order valence-electron chi connectivity index (χ4n) is 2.07. The molecule has 0 spiro atoms. The highest BCUT2D eigenvalue weighted by Gasteiger charge is 2.36. The smallest absolute Gasteiger partial charge is 0.423 e. The largest absolute Gasteiger partial charge is 0.474 e. The van der Waals surface area contributed by atoms with Crippen molar-refractivity contribution in [2.75, 3.05) is 11.9 Å². The van der Waals surface area contributed by atoms with Crippen LogP contribution in [0.3, 0.4) is 0 Å². The zero-order chi connectivity index (χ0) is 17.2. The molecule has 124 valence electrons. The van der Waals surface area contributed by atoms with Crippen molar-refractivity contribution in [3.63, 3.8) is 0 Å². The number of anilines is 2. The van der Waals surface area contributed by atoms with Crippen molar-refractivity contribution >= 4 is 11.6 Å². The van der Waals surface area contributed by atoms with Crippen LogP contribution in [0.5, 0.6) is 5.88 Å². The van der Waals surface area contributed by atoms with Crippen molar-refractivity contribution in [1.29, 1.82) is 0 Å². The Morgan fingerprint density at radius 2 is 1.83 bits per heavy atom. The molecule has 0 fully saturated rings. The van der Waals surface area contributed by atoms with Crippen LogP contribution in [0.2, 0.25) is 0 Å². The van der Waals surface area contributed by atoms with E-state index in [0.717, 1.165) is 17.4 Å². The molecule has 0 amide bonds. The minimum atomic E-state index is -4.57. The van der Waals surface area contributed by atoms with Crippen LogP contribution in [-0.2, 0) is 6.18 Å². The van der Waals surface area contributed by atoms with Gasteiger partial charge >= 0.3 is 6.18 Å². The van der Waals surface area contributed by atoms with Gasteiger partial charge in [-0.1, -0.05) is 18.2 Å². The average Bonchev–Trinajstić information content (AvgIpc) is 2.45. The van der Waals surface area contributed by atoms with Crippen molar-refractivity contribution in [3.8, 4) is 5.88 Å². The van der Waals surface area contributed by atoms with Crippen LogP contribution in [0, 0.1) is 6.92 Å². The lowest BCUT2D eigenvalue weighted by molar-refractivity contribution is -0.139. The number of nitrogens with zero attached hydrogens (tertiary/aromatic N) is 3. The third-order valence-corrected chi connectivity index (χ3v) is 3.17. The van der Waals surface area contributed by atoms with E-state index in [-0.39, 0.29) is 5.95 Å². The molecule has 0 saturated heterocycles. The van der Waals surface area contributed by atoms with Crippen molar-refractivity contribution < 1.29 is 17.9 Å². The Kier molecular flexibility index (Phi) is 4.77. The molecule has 0 radical (unpaired) electrons. The van der Waals surface area contributed by atoms with Crippen LogP contribution in [0.1, 0.15) is 25.0 Å². The summed E-state index contributed by atoms with van der Waals surface area (Å²) in [6.45, 7) is 5.20. The molecule has 0 bridgehead atoms. The maximum absolute atomic E-state index is 13.0. The number of aryl methyl sites for hydroxylation is 1. The maximum Gasteiger partial charge on any atom is 0.423 e. The average molecular weight is 325 g/mol. The second-order valence-corrected chi connectivity index (χ2v) is 5.40. The molecule has 0 unspecified atom stereocenters. The Morgan fingerprint density at radius 1 is 1.17 bits per heavy atom. The molecule has 0 aliphatic rings. The Bertz CT molecular complexity index is 687. The van der Waals surface area contributed by atoms with E-state index in [4.69, 9.17) is 4.74 Å². The predicted octanol–water partition coefficient (Wildman–Crippen LogP) is 4.36. The number of para-hydroxylation sites is 1. The molecule has 0 aliphatic heterocycles. The quantitative estimate of drug-likeness (QED) is 0.837. The van der Waals surface area contributed by atoms with E-state index in [0.29, 0.717) is 0 Å². The minimum Gasteiger partial charge on any atom is -0.474 e. The molecule has 7 heteroatoms. The highest BCUT2D eigenvalue weighted by Crippen LogP contribution is 2.36. The number of hydrogen-bond donors (Lipinski definition) is 0. The molecule has 1 aromatic carbocycles. The lowest BCUT2D eigenvalue weighted by atomic mass is 10.2. The van der Waals surface area contributed by atoms with Crippen molar-refractivity contribution in [1.82, 2.24) is 9.97 Å². The molecule has 0 saturated carbocycles. The van der Waals surface area contributed by atoms with E-state index in [2.05, 4.69) is 9.97 Å². The SMILES string of the molecule is Cc1ccccc1N(C)c1ncc(C(F)(F)F)c(OC(C)C)n1. The van der Waals surface area contributed by atoms with E-state index >= 15 is 0 Å². The lowest BCUT2D eigenvalue weighted by Crippen LogP contribution is -2.19. The van der Waals surface area contributed by atoms with Crippen LogP contribution in [0.25, 0.3) is 0 Å². The Labute approximate surface area is 132 Å². The zero-order valence-electron chi connectivity index (χ0n) is 13.3. The van der Waals surface area contributed by atoms with Gasteiger partial charge in [0.05, 0.1) is 6.10 Å². The number of alkyl halides is 3. The van der Waals surface area contributed by atoms with E-state index in [9.17, 15) is 13.2 Å². The summed E-state index contributed by atoms with van der Waals surface area (Å²) in [5.74, 6) is -0.319. The number of aromatic nitrogens is 2. The van der Waals surface area contributed by atoms with Crippen LogP contribution in [0.4, 0.5) is 24.8 Å². The molecule has 2 aromatic rings. The molecule has 23 heavy (non-hydrogen) atoms. The summed E-state index contributed by atoms with van der Waals surface area (Å²) in [5.41, 5.74) is 0.792. The number of ether oxygens (including phenoxy) is 1. The van der Waals surface area contributed by atoms with E-state index in [1.54, 1.807) is 25.8 Å². The first-order valence-corrected chi connectivity index (χ1v) is 7.10. The highest BCUT2D eigenvalue weighted by molar-refractivity contribution is 5.61. The molecule has 0 aliphatic carbocycles. The minimum absolute atomic E-state index is 0.142. The maximum atomic E-state index is 13.0. The summed E-state index contributed by atoms with van der Waals surface area (Å²) in [4.78, 5) is 9.44. The van der Waals surface area contributed by atoms with Gasteiger partial charge in [0, 0.05) is 18.9 Å². The van der Waals surface area contributed by atoms with Crippen molar-refractivity contribution in [2.45, 2.75) is 33.1 Å². The lowest BCUT2D eigenvalue weighted by Gasteiger charge is -2.21. The third kappa shape index (κ3) is 3.91. The molecular formula is C16H18F3N3O. The van der Waals surface area contributed by atoms with Gasteiger partial charge in [0.1, 0.15) is 5.56 Å². The van der Waals surface area contributed by atoms with Gasteiger partial charge in [-0.25, -0.2) is 4.98 Å². The number of benzene rings is 1. The summed E-state index contributed by atoms with van der Waals surface area (Å²) in [6.07, 6.45) is -4.23. The molecule has 1 heterocycles. The Hall–Kier alpha value is -2.31. The summed E-state index contributed by atoms with van der Waals surface area (Å²) < 4.78 is 44.4. The molecule has 2 rings (SSSR count). The molecular weight excluding hydrogens is 307 g/mol. The second-order valence-electron chi connectivity index (χ2n) is 5.40. The monoisotopic (exact) mass is 325 g/mol. The Morgan fingerprint density at radius 3 is 2.39 bits per heavy atom. The van der Waals surface area contributed by atoms with Gasteiger partial charge in [0.2, 0.25) is 11.8 Å².